The molecule has 3 N–H and O–H groups in total. The normalized spacial score (nSPS) is 22.2. The first-order valence-corrected chi connectivity index (χ1v) is 13.4. The van der Waals surface area contributed by atoms with Crippen molar-refractivity contribution in [1.29, 1.82) is 0 Å². The highest BCUT2D eigenvalue weighted by atomic mass is 16.4. The fraction of sp³-hybridized carbons (Fsp3) is 0.367. The first-order chi connectivity index (χ1) is 18.6. The van der Waals surface area contributed by atoms with Gasteiger partial charge in [-0.3, -0.25) is 4.79 Å². The van der Waals surface area contributed by atoms with Crippen LogP contribution in [0.15, 0.2) is 52.8 Å². The van der Waals surface area contributed by atoms with Gasteiger partial charge in [0.05, 0.1) is 28.4 Å². The van der Waals surface area contributed by atoms with E-state index in [9.17, 15) is 19.5 Å². The number of imidazole rings is 1. The number of fused-ring (bicyclic) bond motifs is 1. The number of quaternary nitrogens is 1. The molecule has 1 saturated heterocycles. The van der Waals surface area contributed by atoms with Crippen molar-refractivity contribution in [3.05, 3.63) is 64.6 Å². The van der Waals surface area contributed by atoms with Gasteiger partial charge in [0, 0.05) is 17.6 Å². The lowest BCUT2D eigenvalue weighted by atomic mass is 9.67. The van der Waals surface area contributed by atoms with Crippen LogP contribution in [0, 0.1) is 12.3 Å². The molecule has 6 rings (SSSR count). The minimum Gasteiger partial charge on any atom is -0.478 e. The van der Waals surface area contributed by atoms with Gasteiger partial charge in [-0.2, -0.15) is 0 Å². The molecule has 1 spiro atoms. The summed E-state index contributed by atoms with van der Waals surface area (Å²) in [5.41, 5.74) is 4.44. The van der Waals surface area contributed by atoms with Crippen LogP contribution >= 0.6 is 0 Å². The molecule has 3 aliphatic rings. The number of carboxylic acid groups (broad SMARTS) is 1. The monoisotopic (exact) mass is 526 g/mol. The molecule has 200 valence electrons. The van der Waals surface area contributed by atoms with Crippen LogP contribution in [-0.4, -0.2) is 62.7 Å². The lowest BCUT2D eigenvalue weighted by molar-refractivity contribution is -0.833. The van der Waals surface area contributed by atoms with Gasteiger partial charge in [0.15, 0.2) is 0 Å². The summed E-state index contributed by atoms with van der Waals surface area (Å²) < 4.78 is -0.393. The van der Waals surface area contributed by atoms with Crippen LogP contribution in [0.1, 0.15) is 66.1 Å². The highest BCUT2D eigenvalue weighted by Gasteiger charge is 2.57. The van der Waals surface area contributed by atoms with Crippen molar-refractivity contribution >= 4 is 34.9 Å². The molecule has 1 aliphatic carbocycles. The number of hydrogen-bond donors (Lipinski definition) is 3. The molecule has 1 aromatic heterocycles. The Morgan fingerprint density at radius 2 is 1.85 bits per heavy atom. The Balaban J connectivity index is 1.49. The van der Waals surface area contributed by atoms with Crippen LogP contribution in [0.5, 0.6) is 0 Å². The van der Waals surface area contributed by atoms with E-state index in [1.807, 2.05) is 26.8 Å². The van der Waals surface area contributed by atoms with E-state index in [1.54, 1.807) is 30.5 Å². The SMILES string of the molecule is Cc1nc2c(-c3cccc(C(=O)O)c3)cc(C(=O)[N+]3(C(C)C)N=CC4=C3C(=O)CC3(CCNCC3)C4)cc2[nH]1. The van der Waals surface area contributed by atoms with Crippen molar-refractivity contribution in [2.45, 2.75) is 52.5 Å². The number of aryl methyl sites for hydroxylation is 1. The summed E-state index contributed by atoms with van der Waals surface area (Å²) in [6.45, 7) is 7.46. The van der Waals surface area contributed by atoms with Gasteiger partial charge < -0.3 is 15.4 Å². The van der Waals surface area contributed by atoms with Gasteiger partial charge in [0.1, 0.15) is 11.9 Å². The molecule has 3 heterocycles. The number of Topliss-reactive ketones (excluding diaryl/α,β-unsaturated/α-hetero) is 1. The van der Waals surface area contributed by atoms with Crippen molar-refractivity contribution < 1.29 is 24.1 Å². The zero-order valence-electron chi connectivity index (χ0n) is 22.4. The number of carbonyl (C=O) groups excluding carboxylic acids is 2. The average Bonchev–Trinajstić information content (AvgIpc) is 3.48. The zero-order valence-corrected chi connectivity index (χ0v) is 22.4. The topological polar surface area (TPSA) is 125 Å². The molecule has 2 aliphatic heterocycles. The Morgan fingerprint density at radius 1 is 1.08 bits per heavy atom. The van der Waals surface area contributed by atoms with Crippen LogP contribution in [0.3, 0.4) is 0 Å². The third kappa shape index (κ3) is 3.95. The predicted molar refractivity (Wildman–Crippen MR) is 147 cm³/mol. The number of nitrogens with one attached hydrogen (secondary N) is 2. The van der Waals surface area contributed by atoms with Gasteiger partial charge in [-0.25, -0.2) is 14.6 Å². The summed E-state index contributed by atoms with van der Waals surface area (Å²) in [6.07, 6.45) is 4.82. The van der Waals surface area contributed by atoms with Gasteiger partial charge in [0.2, 0.25) is 11.5 Å². The number of aromatic nitrogens is 2. The number of carboxylic acids is 1. The number of nitrogens with zero attached hydrogens (tertiary/aromatic N) is 3. The minimum absolute atomic E-state index is 0.00513. The number of aromatic carboxylic acids is 1. The summed E-state index contributed by atoms with van der Waals surface area (Å²) in [7, 11) is 0. The number of benzene rings is 2. The van der Waals surface area contributed by atoms with Crippen molar-refractivity contribution in [3.63, 3.8) is 0 Å². The summed E-state index contributed by atoms with van der Waals surface area (Å²) in [4.78, 5) is 47.8. The van der Waals surface area contributed by atoms with Crippen LogP contribution < -0.4 is 5.32 Å². The Morgan fingerprint density at radius 3 is 2.56 bits per heavy atom. The number of piperidine rings is 1. The van der Waals surface area contributed by atoms with Crippen LogP contribution in [0.4, 0.5) is 0 Å². The molecule has 9 nitrogen and oxygen atoms in total. The van der Waals surface area contributed by atoms with Gasteiger partial charge >= 0.3 is 11.9 Å². The number of H-pyrrole nitrogens is 1. The smallest absolute Gasteiger partial charge is 0.377 e. The van der Waals surface area contributed by atoms with E-state index in [2.05, 4.69) is 15.3 Å². The Bertz CT molecular complexity index is 1610. The van der Waals surface area contributed by atoms with Crippen LogP contribution in [0.25, 0.3) is 22.2 Å². The van der Waals surface area contributed by atoms with Crippen molar-refractivity contribution in [1.82, 2.24) is 15.3 Å². The molecule has 1 fully saturated rings. The highest BCUT2D eigenvalue weighted by molar-refractivity contribution is 6.07. The first kappa shape index (κ1) is 25.3. The molecule has 0 radical (unpaired) electrons. The number of rotatable bonds is 4. The maximum atomic E-state index is 14.5. The molecule has 1 atom stereocenters. The van der Waals surface area contributed by atoms with E-state index < -0.39 is 10.6 Å². The van der Waals surface area contributed by atoms with E-state index in [0.717, 1.165) is 37.9 Å². The fourth-order valence-electron chi connectivity index (χ4n) is 6.58. The van der Waals surface area contributed by atoms with E-state index in [4.69, 9.17) is 5.10 Å². The fourth-order valence-corrected chi connectivity index (χ4v) is 6.58. The molecule has 0 saturated carbocycles. The zero-order chi connectivity index (χ0) is 27.5. The molecule has 1 amide bonds. The van der Waals surface area contributed by atoms with E-state index in [1.165, 1.54) is 6.07 Å². The minimum atomic E-state index is -1.03. The number of amides is 1. The third-order valence-corrected chi connectivity index (χ3v) is 8.50. The Hall–Kier alpha value is -3.95. The first-order valence-electron chi connectivity index (χ1n) is 13.4. The van der Waals surface area contributed by atoms with Crippen molar-refractivity contribution in [2.24, 2.45) is 10.5 Å². The molecule has 0 bridgehead atoms. The van der Waals surface area contributed by atoms with Gasteiger partial charge in [-0.05, 0) is 88.4 Å². The van der Waals surface area contributed by atoms with E-state index in [-0.39, 0.29) is 28.7 Å². The Labute approximate surface area is 226 Å². The van der Waals surface area contributed by atoms with Crippen molar-refractivity contribution in [2.75, 3.05) is 13.1 Å². The quantitative estimate of drug-likeness (QED) is 0.427. The molecule has 39 heavy (non-hydrogen) atoms. The van der Waals surface area contributed by atoms with Gasteiger partial charge in [0.25, 0.3) is 0 Å². The average molecular weight is 527 g/mol. The summed E-state index contributed by atoms with van der Waals surface area (Å²) in [5, 5.41) is 17.7. The number of aromatic amines is 1. The highest BCUT2D eigenvalue weighted by Crippen LogP contribution is 2.49. The number of allylic oxidation sites excluding steroid dienone is 2. The van der Waals surface area contributed by atoms with E-state index >= 15 is 0 Å². The maximum absolute atomic E-state index is 14.5. The molecule has 3 aromatic rings. The van der Waals surface area contributed by atoms with Gasteiger partial charge in [-0.15, -0.1) is 0 Å². The lowest BCUT2D eigenvalue weighted by Crippen LogP contribution is -2.54. The third-order valence-electron chi connectivity index (χ3n) is 8.50. The van der Waals surface area contributed by atoms with E-state index in [0.29, 0.717) is 45.7 Å². The number of carbonyl (C=O) groups is 3. The largest absolute Gasteiger partial charge is 0.478 e. The molecule has 1 unspecified atom stereocenters. The summed E-state index contributed by atoms with van der Waals surface area (Å²) in [5.74, 6) is -0.635. The number of ketones is 1. The standard InChI is InChI=1S/C30H31N5O4/c1-17(2)35(27-22(16-32-35)14-30(15-25(27)36)7-9-31-10-8-30)28(37)21-12-23(26-24(13-21)33-18(3)34-26)19-5-4-6-20(11-19)29(38)39/h4-6,11-13,16-17,31H,7-10,14-15H2,1-3H3,(H-,33,34,37,38,39)/p+1. The molecular formula is C30H32N5O4+. The predicted octanol–water partition coefficient (Wildman–Crippen LogP) is 4.59. The van der Waals surface area contributed by atoms with Gasteiger partial charge in [-0.1, -0.05) is 21.8 Å². The second-order valence-corrected chi connectivity index (χ2v) is 11.4. The molecule has 2 aromatic carbocycles. The Kier molecular flexibility index (Phi) is 5.89. The van der Waals surface area contributed by atoms with Crippen molar-refractivity contribution in [3.8, 4) is 11.1 Å². The molecule has 9 heteroatoms. The maximum Gasteiger partial charge on any atom is 0.377 e. The van der Waals surface area contributed by atoms with Crippen LogP contribution in [0.2, 0.25) is 0 Å². The lowest BCUT2D eigenvalue weighted by Gasteiger charge is -2.41. The summed E-state index contributed by atoms with van der Waals surface area (Å²) >= 11 is 0. The van der Waals surface area contributed by atoms with Crippen LogP contribution in [-0.2, 0) is 4.79 Å². The second-order valence-electron chi connectivity index (χ2n) is 11.4. The second kappa shape index (κ2) is 9.07. The number of hydrogen-bond acceptors (Lipinski definition) is 6. The summed E-state index contributed by atoms with van der Waals surface area (Å²) in [6, 6.07) is 9.82. The molecular weight excluding hydrogens is 494 g/mol.